The molecule has 1 rings (SSSR count). The fourth-order valence-corrected chi connectivity index (χ4v) is 1.11. The Morgan fingerprint density at radius 1 is 1.33 bits per heavy atom. The molecule has 1 fully saturated rings. The Morgan fingerprint density at radius 3 is 1.67 bits per heavy atom. The molecule has 0 aromatic heterocycles. The fraction of sp³-hybridized carbons (Fsp3) is 1.00. The zero-order valence-electron chi connectivity index (χ0n) is 4.44. The van der Waals surface area contributed by atoms with Gasteiger partial charge in [0.1, 0.15) is 0 Å². The molecule has 1 saturated heterocycles. The van der Waals surface area contributed by atoms with Gasteiger partial charge in [0.25, 0.3) is 0 Å². The molecule has 0 unspecified atom stereocenters. The summed E-state index contributed by atoms with van der Waals surface area (Å²) in [6.45, 7) is 4.53. The number of quaternary nitrogens is 1. The van der Waals surface area contributed by atoms with Crippen LogP contribution in [0.1, 0.15) is 20.3 Å². The van der Waals surface area contributed by atoms with Gasteiger partial charge in [0.2, 0.25) is 0 Å². The molecule has 0 aliphatic carbocycles. The predicted molar refractivity (Wildman–Crippen MR) is 25.5 cm³/mol. The van der Waals surface area contributed by atoms with Gasteiger partial charge in [-0.1, -0.05) is 0 Å². The highest BCUT2D eigenvalue weighted by molar-refractivity contribution is 4.60. The van der Waals surface area contributed by atoms with Crippen molar-refractivity contribution in [3.63, 3.8) is 0 Å². The summed E-state index contributed by atoms with van der Waals surface area (Å²) >= 11 is 0. The molecule has 36 valence electrons. The van der Waals surface area contributed by atoms with E-state index in [1.165, 1.54) is 6.42 Å². The molecule has 0 aromatic carbocycles. The molecule has 0 saturated carbocycles. The second-order valence-electron chi connectivity index (χ2n) is 2.38. The van der Waals surface area contributed by atoms with Crippen molar-refractivity contribution in [3.8, 4) is 0 Å². The molecule has 2 atom stereocenters. The molecule has 0 bridgehead atoms. The summed E-state index contributed by atoms with van der Waals surface area (Å²) in [6, 6.07) is 1.83. The van der Waals surface area contributed by atoms with Crippen LogP contribution in [-0.2, 0) is 0 Å². The number of hydrogen-bond donors (Lipinski definition) is 1. The van der Waals surface area contributed by atoms with Gasteiger partial charge in [0, 0.05) is 0 Å². The Labute approximate surface area is 38.7 Å². The van der Waals surface area contributed by atoms with Gasteiger partial charge in [-0.2, -0.15) is 0 Å². The fourth-order valence-electron chi connectivity index (χ4n) is 1.11. The van der Waals surface area contributed by atoms with E-state index >= 15 is 0 Å². The van der Waals surface area contributed by atoms with Crippen LogP contribution in [-0.4, -0.2) is 12.1 Å². The van der Waals surface area contributed by atoms with Gasteiger partial charge in [-0.3, -0.25) is 0 Å². The van der Waals surface area contributed by atoms with E-state index in [1.54, 1.807) is 0 Å². The van der Waals surface area contributed by atoms with Crippen LogP contribution in [0, 0.1) is 0 Å². The highest BCUT2D eigenvalue weighted by atomic mass is 15.0. The predicted octanol–water partition coefficient (Wildman–Crippen LogP) is -0.269. The Hall–Kier alpha value is -0.0400. The van der Waals surface area contributed by atoms with E-state index in [1.807, 2.05) is 0 Å². The van der Waals surface area contributed by atoms with Crippen LogP contribution in [0.2, 0.25) is 0 Å². The summed E-state index contributed by atoms with van der Waals surface area (Å²) in [4.78, 5) is 0. The maximum atomic E-state index is 2.39. The lowest BCUT2D eigenvalue weighted by atomic mass is 10.0. The Kier molecular flexibility index (Phi) is 0.845. The van der Waals surface area contributed by atoms with Crippen molar-refractivity contribution >= 4 is 0 Å². The second kappa shape index (κ2) is 1.23. The first-order valence-electron chi connectivity index (χ1n) is 2.64. The molecule has 1 aliphatic heterocycles. The second-order valence-corrected chi connectivity index (χ2v) is 2.38. The molecule has 1 aliphatic rings. The van der Waals surface area contributed by atoms with Gasteiger partial charge in [0.15, 0.2) is 0 Å². The van der Waals surface area contributed by atoms with Crippen molar-refractivity contribution in [2.75, 3.05) is 0 Å². The lowest BCUT2D eigenvalue weighted by molar-refractivity contribution is -0.772. The molecule has 0 spiro atoms. The Morgan fingerprint density at radius 2 is 1.67 bits per heavy atom. The molecule has 0 radical (unpaired) electrons. The molecule has 0 amide bonds. The third-order valence-corrected chi connectivity index (χ3v) is 1.40. The highest BCUT2D eigenvalue weighted by Gasteiger charge is 2.23. The van der Waals surface area contributed by atoms with Crippen molar-refractivity contribution in [1.29, 1.82) is 0 Å². The van der Waals surface area contributed by atoms with Gasteiger partial charge in [0.05, 0.1) is 18.5 Å². The van der Waals surface area contributed by atoms with Crippen molar-refractivity contribution in [3.05, 3.63) is 0 Å². The van der Waals surface area contributed by atoms with Gasteiger partial charge in [-0.15, -0.1) is 0 Å². The van der Waals surface area contributed by atoms with Crippen LogP contribution >= 0.6 is 0 Å². The van der Waals surface area contributed by atoms with E-state index in [9.17, 15) is 0 Å². The van der Waals surface area contributed by atoms with Crippen molar-refractivity contribution in [2.24, 2.45) is 0 Å². The maximum absolute atomic E-state index is 2.39. The Balaban J connectivity index is 2.11. The SMILES string of the molecule is C[C@@H]1C[C@@H](C)[NH2+]1. The molecule has 2 N–H and O–H groups in total. The van der Waals surface area contributed by atoms with E-state index in [0.717, 1.165) is 12.1 Å². The molecule has 6 heavy (non-hydrogen) atoms. The standard InChI is InChI=1S/C5H11N/c1-4-3-5(2)6-4/h4-6H,3H2,1-2H3/p+1/t4-,5-/m1/s1. The molecule has 0 aromatic rings. The van der Waals surface area contributed by atoms with Crippen LogP contribution in [0.4, 0.5) is 0 Å². The molecular weight excluding hydrogens is 74.1 g/mol. The van der Waals surface area contributed by atoms with Gasteiger partial charge in [-0.05, 0) is 13.8 Å². The lowest BCUT2D eigenvalue weighted by Gasteiger charge is -2.26. The van der Waals surface area contributed by atoms with Crippen molar-refractivity contribution < 1.29 is 5.32 Å². The first kappa shape index (κ1) is 4.13. The van der Waals surface area contributed by atoms with E-state index in [-0.39, 0.29) is 0 Å². The van der Waals surface area contributed by atoms with Gasteiger partial charge in [-0.25, -0.2) is 0 Å². The molecule has 1 heteroatoms. The van der Waals surface area contributed by atoms with Crippen LogP contribution in [0.3, 0.4) is 0 Å². The van der Waals surface area contributed by atoms with Crippen molar-refractivity contribution in [2.45, 2.75) is 32.4 Å². The first-order chi connectivity index (χ1) is 2.79. The summed E-state index contributed by atoms with van der Waals surface area (Å²) in [6.07, 6.45) is 1.42. The zero-order chi connectivity index (χ0) is 4.57. The quantitative estimate of drug-likeness (QED) is 0.418. The molecule has 1 heterocycles. The largest absolute Gasteiger partial charge is 0.341 e. The summed E-state index contributed by atoms with van der Waals surface area (Å²) in [5.74, 6) is 0. The number of hydrogen-bond acceptors (Lipinski definition) is 0. The maximum Gasteiger partial charge on any atom is 0.0889 e. The van der Waals surface area contributed by atoms with Crippen molar-refractivity contribution in [1.82, 2.24) is 0 Å². The smallest absolute Gasteiger partial charge is 0.0889 e. The topological polar surface area (TPSA) is 16.6 Å². The normalized spacial score (nSPS) is 45.0. The average Bonchev–Trinajstić information content (AvgIpc) is 1.33. The highest BCUT2D eigenvalue weighted by Crippen LogP contribution is 1.96. The zero-order valence-corrected chi connectivity index (χ0v) is 4.44. The van der Waals surface area contributed by atoms with E-state index < -0.39 is 0 Å². The number of nitrogens with two attached hydrogens (primary N) is 1. The van der Waals surface area contributed by atoms with Gasteiger partial charge >= 0.3 is 0 Å². The molecular formula is C5H12N+. The minimum absolute atomic E-state index is 0.917. The van der Waals surface area contributed by atoms with E-state index in [0.29, 0.717) is 0 Å². The summed E-state index contributed by atoms with van der Waals surface area (Å²) < 4.78 is 0. The van der Waals surface area contributed by atoms with Gasteiger partial charge < -0.3 is 5.32 Å². The summed E-state index contributed by atoms with van der Waals surface area (Å²) in [7, 11) is 0. The molecule has 1 nitrogen and oxygen atoms in total. The first-order valence-corrected chi connectivity index (χ1v) is 2.64. The summed E-state index contributed by atoms with van der Waals surface area (Å²) in [5, 5.41) is 2.39. The third-order valence-electron chi connectivity index (χ3n) is 1.40. The van der Waals surface area contributed by atoms with Crippen LogP contribution in [0.15, 0.2) is 0 Å². The van der Waals surface area contributed by atoms with Crippen LogP contribution < -0.4 is 5.32 Å². The monoisotopic (exact) mass is 86.1 g/mol. The minimum atomic E-state index is 0.917. The Bertz CT molecular complexity index is 39.9. The average molecular weight is 86.2 g/mol. The summed E-state index contributed by atoms with van der Waals surface area (Å²) in [5.41, 5.74) is 0. The third kappa shape index (κ3) is 0.548. The van der Waals surface area contributed by atoms with Crippen LogP contribution in [0.25, 0.3) is 0 Å². The van der Waals surface area contributed by atoms with E-state index in [2.05, 4.69) is 19.2 Å². The van der Waals surface area contributed by atoms with Crippen LogP contribution in [0.5, 0.6) is 0 Å². The van der Waals surface area contributed by atoms with E-state index in [4.69, 9.17) is 0 Å². The minimum Gasteiger partial charge on any atom is -0.341 e. The lowest BCUT2D eigenvalue weighted by Crippen LogP contribution is -3.02. The number of rotatable bonds is 0.